The molecule has 1 amide bonds. The molecule has 8 nitrogen and oxygen atoms in total. The third kappa shape index (κ3) is 3.97. The van der Waals surface area contributed by atoms with Crippen molar-refractivity contribution in [3.63, 3.8) is 0 Å². The number of nitrogens with one attached hydrogen (secondary N) is 1. The summed E-state index contributed by atoms with van der Waals surface area (Å²) in [7, 11) is 4.56. The van der Waals surface area contributed by atoms with Crippen LogP contribution in [-0.2, 0) is 18.9 Å². The average Bonchev–Trinajstić information content (AvgIpc) is 2.74. The summed E-state index contributed by atoms with van der Waals surface area (Å²) >= 11 is 1.26. The highest BCUT2D eigenvalue weighted by Crippen LogP contribution is 2.32. The largest absolute Gasteiger partial charge is 0.495 e. The molecular weight excluding hydrogens is 404 g/mol. The van der Waals surface area contributed by atoms with Crippen molar-refractivity contribution in [3.05, 3.63) is 56.9 Å². The van der Waals surface area contributed by atoms with Crippen molar-refractivity contribution in [3.8, 4) is 5.75 Å². The molecule has 2 aromatic heterocycles. The smallest absolute Gasteiger partial charge is 0.332 e. The van der Waals surface area contributed by atoms with Gasteiger partial charge in [-0.2, -0.15) is 0 Å². The fourth-order valence-electron chi connectivity index (χ4n) is 3.16. The van der Waals surface area contributed by atoms with Crippen LogP contribution >= 0.6 is 11.8 Å². The van der Waals surface area contributed by atoms with E-state index in [1.165, 1.54) is 30.5 Å². The fourth-order valence-corrected chi connectivity index (χ4v) is 4.28. The first kappa shape index (κ1) is 21.6. The summed E-state index contributed by atoms with van der Waals surface area (Å²) in [5.41, 5.74) is 0.874. The summed E-state index contributed by atoms with van der Waals surface area (Å²) in [6.07, 6.45) is 1.67. The van der Waals surface area contributed by atoms with Gasteiger partial charge in [0.1, 0.15) is 11.4 Å². The average molecular weight is 429 g/mol. The molecule has 0 unspecified atom stereocenters. The maximum absolute atomic E-state index is 12.9. The van der Waals surface area contributed by atoms with E-state index in [1.807, 2.05) is 26.0 Å². The molecule has 158 valence electrons. The number of aromatic nitrogens is 3. The van der Waals surface area contributed by atoms with E-state index in [4.69, 9.17) is 4.74 Å². The lowest BCUT2D eigenvalue weighted by molar-refractivity contribution is -0.113. The van der Waals surface area contributed by atoms with E-state index in [-0.39, 0.29) is 17.6 Å². The summed E-state index contributed by atoms with van der Waals surface area (Å²) in [5, 5.41) is 3.18. The molecule has 0 atom stereocenters. The SMILES string of the molecule is COc1ccccc1NC(=O)CSc1c(C(C)C)cnc2c1c(=O)n(C)c(=O)n2C. The Morgan fingerprint density at radius 2 is 1.90 bits per heavy atom. The van der Waals surface area contributed by atoms with Gasteiger partial charge >= 0.3 is 5.69 Å². The third-order valence-electron chi connectivity index (χ3n) is 4.80. The van der Waals surface area contributed by atoms with Crippen LogP contribution < -0.4 is 21.3 Å². The van der Waals surface area contributed by atoms with Crippen molar-refractivity contribution in [1.29, 1.82) is 0 Å². The zero-order valence-corrected chi connectivity index (χ0v) is 18.4. The second kappa shape index (κ2) is 8.74. The molecule has 0 fully saturated rings. The van der Waals surface area contributed by atoms with E-state index in [2.05, 4.69) is 10.3 Å². The molecule has 1 N–H and O–H groups in total. The Labute approximate surface area is 177 Å². The van der Waals surface area contributed by atoms with Crippen molar-refractivity contribution >= 4 is 34.4 Å². The molecule has 0 aliphatic rings. The lowest BCUT2D eigenvalue weighted by Crippen LogP contribution is -2.37. The van der Waals surface area contributed by atoms with Crippen LogP contribution in [0.15, 0.2) is 44.9 Å². The molecule has 30 heavy (non-hydrogen) atoms. The number of benzene rings is 1. The topological polar surface area (TPSA) is 95.2 Å². The summed E-state index contributed by atoms with van der Waals surface area (Å²) < 4.78 is 7.67. The molecule has 0 saturated heterocycles. The maximum atomic E-state index is 12.9. The normalized spacial score (nSPS) is 11.1. The van der Waals surface area contributed by atoms with E-state index >= 15 is 0 Å². The highest BCUT2D eigenvalue weighted by atomic mass is 32.2. The Kier molecular flexibility index (Phi) is 6.31. The molecular formula is C21H24N4O4S. The van der Waals surface area contributed by atoms with Gasteiger partial charge in [-0.1, -0.05) is 26.0 Å². The molecule has 0 spiro atoms. The van der Waals surface area contributed by atoms with Gasteiger partial charge in [-0.25, -0.2) is 9.78 Å². The minimum Gasteiger partial charge on any atom is -0.495 e. The zero-order chi connectivity index (χ0) is 22.0. The van der Waals surface area contributed by atoms with Gasteiger partial charge < -0.3 is 10.1 Å². The van der Waals surface area contributed by atoms with Crippen molar-refractivity contribution in [2.75, 3.05) is 18.2 Å². The first-order valence-corrected chi connectivity index (χ1v) is 10.4. The second-order valence-electron chi connectivity index (χ2n) is 7.14. The Balaban J connectivity index is 2.00. The van der Waals surface area contributed by atoms with Gasteiger partial charge in [0.15, 0.2) is 0 Å². The van der Waals surface area contributed by atoms with E-state index < -0.39 is 11.2 Å². The van der Waals surface area contributed by atoms with Crippen molar-refractivity contribution in [2.24, 2.45) is 14.1 Å². The van der Waals surface area contributed by atoms with Gasteiger partial charge in [-0.05, 0) is 23.6 Å². The Bertz CT molecular complexity index is 1230. The van der Waals surface area contributed by atoms with Crippen LogP contribution in [0.1, 0.15) is 25.3 Å². The van der Waals surface area contributed by atoms with Crippen LogP contribution in [0.3, 0.4) is 0 Å². The molecule has 1 aromatic carbocycles. The van der Waals surface area contributed by atoms with Gasteiger partial charge in [0.25, 0.3) is 5.56 Å². The van der Waals surface area contributed by atoms with Gasteiger partial charge in [0.2, 0.25) is 5.91 Å². The van der Waals surface area contributed by atoms with Crippen LogP contribution in [-0.4, -0.2) is 32.9 Å². The van der Waals surface area contributed by atoms with Crippen LogP contribution in [0, 0.1) is 0 Å². The van der Waals surface area contributed by atoms with Gasteiger partial charge in [-0.3, -0.25) is 18.7 Å². The molecule has 0 bridgehead atoms. The monoisotopic (exact) mass is 428 g/mol. The molecule has 9 heteroatoms. The number of nitrogens with zero attached hydrogens (tertiary/aromatic N) is 3. The second-order valence-corrected chi connectivity index (χ2v) is 8.12. The number of fused-ring (bicyclic) bond motifs is 1. The molecule has 0 aliphatic heterocycles. The van der Waals surface area contributed by atoms with Crippen molar-refractivity contribution < 1.29 is 9.53 Å². The number of thioether (sulfide) groups is 1. The maximum Gasteiger partial charge on any atom is 0.332 e. The molecule has 2 heterocycles. The highest BCUT2D eigenvalue weighted by molar-refractivity contribution is 8.00. The number of hydrogen-bond acceptors (Lipinski definition) is 6. The molecule has 0 saturated carbocycles. The number of carbonyl (C=O) groups excluding carboxylic acids is 1. The summed E-state index contributed by atoms with van der Waals surface area (Å²) in [6, 6.07) is 7.15. The molecule has 3 aromatic rings. The number of methoxy groups -OCH3 is 1. The van der Waals surface area contributed by atoms with Crippen LogP contribution in [0.25, 0.3) is 11.0 Å². The van der Waals surface area contributed by atoms with E-state index in [1.54, 1.807) is 25.4 Å². The quantitative estimate of drug-likeness (QED) is 0.606. The number of para-hydroxylation sites is 2. The number of ether oxygens (including phenoxy) is 1. The molecule has 0 aliphatic carbocycles. The number of amides is 1. The number of aryl methyl sites for hydroxylation is 1. The minimum atomic E-state index is -0.442. The number of carbonyl (C=O) groups is 1. The van der Waals surface area contributed by atoms with Crippen LogP contribution in [0.2, 0.25) is 0 Å². The van der Waals surface area contributed by atoms with Crippen molar-refractivity contribution in [1.82, 2.24) is 14.1 Å². The highest BCUT2D eigenvalue weighted by Gasteiger charge is 2.20. The van der Waals surface area contributed by atoms with E-state index in [9.17, 15) is 14.4 Å². The summed E-state index contributed by atoms with van der Waals surface area (Å²) in [5.74, 6) is 0.509. The van der Waals surface area contributed by atoms with Crippen LogP contribution in [0.5, 0.6) is 5.75 Å². The Morgan fingerprint density at radius 1 is 1.20 bits per heavy atom. The number of hydrogen-bond donors (Lipinski definition) is 1. The minimum absolute atomic E-state index is 0.0862. The Hall–Kier alpha value is -3.07. The van der Waals surface area contributed by atoms with E-state index in [0.717, 1.165) is 10.1 Å². The first-order chi connectivity index (χ1) is 14.3. The number of pyridine rings is 1. The fraction of sp³-hybridized carbons (Fsp3) is 0.333. The predicted octanol–water partition coefficient (Wildman–Crippen LogP) is 2.50. The lowest BCUT2D eigenvalue weighted by atomic mass is 10.0. The first-order valence-electron chi connectivity index (χ1n) is 9.40. The third-order valence-corrected chi connectivity index (χ3v) is 5.93. The van der Waals surface area contributed by atoms with Gasteiger partial charge in [0.05, 0.1) is 23.9 Å². The van der Waals surface area contributed by atoms with E-state index in [0.29, 0.717) is 27.4 Å². The van der Waals surface area contributed by atoms with Crippen molar-refractivity contribution in [2.45, 2.75) is 24.7 Å². The van der Waals surface area contributed by atoms with Crippen LogP contribution in [0.4, 0.5) is 5.69 Å². The standard InChI is InChI=1S/C21H24N4O4S/c1-12(2)13-10-22-19-17(20(27)25(4)21(28)24(19)3)18(13)30-11-16(26)23-14-8-6-7-9-15(14)29-5/h6-10,12H,11H2,1-5H3,(H,23,26). The number of anilines is 1. The summed E-state index contributed by atoms with van der Waals surface area (Å²) in [6.45, 7) is 3.99. The lowest BCUT2D eigenvalue weighted by Gasteiger charge is -2.16. The number of rotatable bonds is 6. The molecule has 0 radical (unpaired) electrons. The molecule has 3 rings (SSSR count). The predicted molar refractivity (Wildman–Crippen MR) is 119 cm³/mol. The van der Waals surface area contributed by atoms with Gasteiger partial charge in [-0.15, -0.1) is 11.8 Å². The zero-order valence-electron chi connectivity index (χ0n) is 17.6. The van der Waals surface area contributed by atoms with Gasteiger partial charge in [0, 0.05) is 25.2 Å². The Morgan fingerprint density at radius 3 is 2.57 bits per heavy atom. The summed E-state index contributed by atoms with van der Waals surface area (Å²) in [4.78, 5) is 42.8.